The zero-order chi connectivity index (χ0) is 23.1. The first-order valence-electron chi connectivity index (χ1n) is 12.6. The lowest BCUT2D eigenvalue weighted by atomic mass is 9.76. The molecule has 0 radical (unpaired) electrons. The summed E-state index contributed by atoms with van der Waals surface area (Å²) in [7, 11) is 0. The van der Waals surface area contributed by atoms with Gasteiger partial charge in [-0.05, 0) is 73.9 Å². The highest BCUT2D eigenvalue weighted by molar-refractivity contribution is 5.83. The molecule has 1 saturated carbocycles. The lowest BCUT2D eigenvalue weighted by Crippen LogP contribution is -2.52. The summed E-state index contributed by atoms with van der Waals surface area (Å²) < 4.78 is 5.48. The summed E-state index contributed by atoms with van der Waals surface area (Å²) in [5.41, 5.74) is 10.5. The maximum absolute atomic E-state index is 12.8. The number of carbonyl (C=O) groups is 1. The van der Waals surface area contributed by atoms with Gasteiger partial charge in [-0.3, -0.25) is 9.89 Å². The maximum Gasteiger partial charge on any atom is 0.222 e. The molecule has 0 spiro atoms. The molecule has 4 unspecified atom stereocenters. The topological polar surface area (TPSA) is 96.3 Å². The number of aromatic nitrogens is 2. The van der Waals surface area contributed by atoms with Gasteiger partial charge in [0.15, 0.2) is 0 Å². The number of hydrogen-bond donors (Lipinski definition) is 3. The molecule has 7 nitrogen and oxygen atoms in total. The van der Waals surface area contributed by atoms with Gasteiger partial charge in [0.25, 0.3) is 0 Å². The number of carbonyl (C=O) groups excluding carboxylic acids is 1. The molecule has 4 N–H and O–H groups in total. The minimum absolute atomic E-state index is 0.0710. The van der Waals surface area contributed by atoms with E-state index in [1.807, 2.05) is 6.20 Å². The Balaban J connectivity index is 1.36. The molecule has 34 heavy (non-hydrogen) atoms. The summed E-state index contributed by atoms with van der Waals surface area (Å²) in [6, 6.07) is 15.9. The average Bonchev–Trinajstić information content (AvgIpc) is 3.53. The van der Waals surface area contributed by atoms with E-state index < -0.39 is 0 Å². The monoisotopic (exact) mass is 459 g/mol. The van der Waals surface area contributed by atoms with Gasteiger partial charge in [-0.25, -0.2) is 0 Å². The van der Waals surface area contributed by atoms with Gasteiger partial charge in [0.1, 0.15) is 0 Å². The lowest BCUT2D eigenvalue weighted by molar-refractivity contribution is -0.123. The van der Waals surface area contributed by atoms with Crippen molar-refractivity contribution in [3.63, 3.8) is 0 Å². The van der Waals surface area contributed by atoms with E-state index in [0.717, 1.165) is 66.7 Å². The number of H-pyrrole nitrogens is 1. The van der Waals surface area contributed by atoms with Crippen molar-refractivity contribution in [1.29, 1.82) is 0 Å². The fourth-order valence-electron chi connectivity index (χ4n) is 6.48. The van der Waals surface area contributed by atoms with Crippen molar-refractivity contribution in [1.82, 2.24) is 10.2 Å². The standard InChI is InChI=1S/C27H33N5O2/c28-27(33)23-15-18-2-1-3-25(18)32(22-8-9-24-19(14-22)16-29-31-24)26(23)17-4-6-20(7-5-17)30-21-10-12-34-13-11-21/h4-9,14,16,18,21,23,25-26,30H,1-3,10-13,15H2,(H2,28,33)(H,29,31). The van der Waals surface area contributed by atoms with Crippen LogP contribution in [-0.4, -0.2) is 41.4 Å². The highest BCUT2D eigenvalue weighted by atomic mass is 16.5. The quantitative estimate of drug-likeness (QED) is 0.526. The highest BCUT2D eigenvalue weighted by Crippen LogP contribution is 2.49. The SMILES string of the molecule is NC(=O)C1CC2CCCC2N(c2ccc3[nH]ncc3c2)C1c1ccc(NC2CCOCC2)cc1. The number of fused-ring (bicyclic) bond motifs is 2. The van der Waals surface area contributed by atoms with Crippen LogP contribution in [0.1, 0.15) is 50.1 Å². The Bertz CT molecular complexity index is 1150. The molecule has 7 heteroatoms. The summed E-state index contributed by atoms with van der Waals surface area (Å²) in [6.07, 6.45) is 8.32. The van der Waals surface area contributed by atoms with Gasteiger partial charge in [0, 0.05) is 42.1 Å². The van der Waals surface area contributed by atoms with Crippen LogP contribution in [0.3, 0.4) is 0 Å². The van der Waals surface area contributed by atoms with Crippen LogP contribution in [0, 0.1) is 11.8 Å². The molecule has 4 atom stereocenters. The summed E-state index contributed by atoms with van der Waals surface area (Å²) >= 11 is 0. The molecule has 3 aromatic rings. The van der Waals surface area contributed by atoms with E-state index in [1.165, 1.54) is 12.8 Å². The Hall–Kier alpha value is -3.06. The molecule has 1 amide bonds. The number of hydrogen-bond acceptors (Lipinski definition) is 5. The van der Waals surface area contributed by atoms with Crippen LogP contribution in [0.15, 0.2) is 48.7 Å². The molecule has 178 valence electrons. The smallest absolute Gasteiger partial charge is 0.222 e. The predicted octanol–water partition coefficient (Wildman–Crippen LogP) is 4.38. The zero-order valence-corrected chi connectivity index (χ0v) is 19.5. The second-order valence-electron chi connectivity index (χ2n) is 10.1. The fourth-order valence-corrected chi connectivity index (χ4v) is 6.48. The van der Waals surface area contributed by atoms with Crippen LogP contribution >= 0.6 is 0 Å². The Morgan fingerprint density at radius 3 is 2.71 bits per heavy atom. The highest BCUT2D eigenvalue weighted by Gasteiger charge is 2.47. The van der Waals surface area contributed by atoms with Gasteiger partial charge in [0.05, 0.1) is 23.7 Å². The number of nitrogens with one attached hydrogen (secondary N) is 2. The van der Waals surface area contributed by atoms with E-state index >= 15 is 0 Å². The number of nitrogens with zero attached hydrogens (tertiary/aromatic N) is 2. The molecule has 2 aliphatic heterocycles. The molecule has 3 fully saturated rings. The summed E-state index contributed by atoms with van der Waals surface area (Å²) in [6.45, 7) is 1.63. The summed E-state index contributed by atoms with van der Waals surface area (Å²) in [5.74, 6) is 0.0890. The van der Waals surface area contributed by atoms with E-state index in [9.17, 15) is 4.79 Å². The molecule has 2 saturated heterocycles. The predicted molar refractivity (Wildman–Crippen MR) is 134 cm³/mol. The van der Waals surface area contributed by atoms with Gasteiger partial charge >= 0.3 is 0 Å². The Morgan fingerprint density at radius 1 is 1.09 bits per heavy atom. The Morgan fingerprint density at radius 2 is 1.91 bits per heavy atom. The van der Waals surface area contributed by atoms with Crippen LogP contribution in [0.2, 0.25) is 0 Å². The van der Waals surface area contributed by atoms with Crippen molar-refractivity contribution in [3.8, 4) is 0 Å². The van der Waals surface area contributed by atoms with Gasteiger partial charge in [-0.15, -0.1) is 0 Å². The zero-order valence-electron chi connectivity index (χ0n) is 19.5. The van der Waals surface area contributed by atoms with Crippen molar-refractivity contribution in [2.75, 3.05) is 23.4 Å². The summed E-state index contributed by atoms with van der Waals surface area (Å²) in [5, 5.41) is 12.0. The molecule has 3 aliphatic rings. The van der Waals surface area contributed by atoms with Crippen molar-refractivity contribution >= 4 is 28.2 Å². The van der Waals surface area contributed by atoms with E-state index in [4.69, 9.17) is 10.5 Å². The molecular weight excluding hydrogens is 426 g/mol. The number of benzene rings is 2. The molecule has 1 aromatic heterocycles. The Labute approximate surface area is 200 Å². The fraction of sp³-hybridized carbons (Fsp3) is 0.481. The average molecular weight is 460 g/mol. The number of piperidine rings is 1. The van der Waals surface area contributed by atoms with Gasteiger partial charge in [0.2, 0.25) is 5.91 Å². The van der Waals surface area contributed by atoms with Crippen LogP contribution in [0.5, 0.6) is 0 Å². The lowest BCUT2D eigenvalue weighted by Gasteiger charge is -2.49. The van der Waals surface area contributed by atoms with Gasteiger partial charge in [-0.2, -0.15) is 5.10 Å². The van der Waals surface area contributed by atoms with Crippen LogP contribution in [0.25, 0.3) is 10.9 Å². The second-order valence-corrected chi connectivity index (χ2v) is 10.1. The molecule has 0 bridgehead atoms. The first-order chi connectivity index (χ1) is 16.7. The molecule has 2 aromatic carbocycles. The van der Waals surface area contributed by atoms with Crippen molar-refractivity contribution in [3.05, 3.63) is 54.2 Å². The largest absolute Gasteiger partial charge is 0.382 e. The van der Waals surface area contributed by atoms with Crippen molar-refractivity contribution < 1.29 is 9.53 Å². The molecule has 6 rings (SSSR count). The number of anilines is 2. The van der Waals surface area contributed by atoms with Crippen LogP contribution in [-0.2, 0) is 9.53 Å². The number of primary amides is 1. The van der Waals surface area contributed by atoms with E-state index in [0.29, 0.717) is 18.0 Å². The normalized spacial score (nSPS) is 27.6. The van der Waals surface area contributed by atoms with E-state index in [1.54, 1.807) is 0 Å². The van der Waals surface area contributed by atoms with Crippen LogP contribution < -0.4 is 16.0 Å². The van der Waals surface area contributed by atoms with E-state index in [-0.39, 0.29) is 17.9 Å². The van der Waals surface area contributed by atoms with Gasteiger partial charge in [-0.1, -0.05) is 18.6 Å². The molecular formula is C27H33N5O2. The van der Waals surface area contributed by atoms with Crippen LogP contribution in [0.4, 0.5) is 11.4 Å². The second kappa shape index (κ2) is 8.95. The first kappa shape index (κ1) is 21.5. The number of nitrogens with two attached hydrogens (primary N) is 1. The maximum atomic E-state index is 12.8. The van der Waals surface area contributed by atoms with Crippen molar-refractivity contribution in [2.24, 2.45) is 17.6 Å². The first-order valence-corrected chi connectivity index (χ1v) is 12.6. The number of amides is 1. The third-order valence-electron chi connectivity index (χ3n) is 8.15. The minimum atomic E-state index is -0.214. The number of ether oxygens (including phenoxy) is 1. The van der Waals surface area contributed by atoms with E-state index in [2.05, 4.69) is 62.9 Å². The van der Waals surface area contributed by atoms with Crippen molar-refractivity contribution in [2.45, 2.75) is 56.7 Å². The number of aromatic amines is 1. The number of rotatable bonds is 5. The van der Waals surface area contributed by atoms with Gasteiger partial charge < -0.3 is 20.7 Å². The summed E-state index contributed by atoms with van der Waals surface area (Å²) in [4.78, 5) is 15.3. The third-order valence-corrected chi connectivity index (χ3v) is 8.15. The minimum Gasteiger partial charge on any atom is -0.382 e. The third kappa shape index (κ3) is 3.92. The molecule has 3 heterocycles. The Kier molecular flexibility index (Phi) is 5.65. The molecule has 1 aliphatic carbocycles.